The van der Waals surface area contributed by atoms with Gasteiger partial charge in [0, 0.05) is 6.42 Å². The molecule has 2 atom stereocenters. The van der Waals surface area contributed by atoms with Gasteiger partial charge in [-0.1, -0.05) is 23.7 Å². The summed E-state index contributed by atoms with van der Waals surface area (Å²) in [4.78, 5) is 26.5. The molecule has 0 fully saturated rings. The normalized spacial score (nSPS) is 22.1. The molecule has 0 radical (unpaired) electrons. The fourth-order valence-electron chi connectivity index (χ4n) is 2.85. The van der Waals surface area contributed by atoms with Crippen LogP contribution in [0.2, 0.25) is 0 Å². The van der Waals surface area contributed by atoms with Crippen molar-refractivity contribution in [3.63, 3.8) is 0 Å². The minimum Gasteiger partial charge on any atom is -0.497 e. The molecule has 120 valence electrons. The SMILES string of the molecule is COC(=O)N1c2ccc(OC)cc2C2CC#C/C=C\C#CC1C2=O. The Labute approximate surface area is 140 Å². The van der Waals surface area contributed by atoms with E-state index in [-0.39, 0.29) is 5.78 Å². The molecule has 1 aliphatic heterocycles. The van der Waals surface area contributed by atoms with Gasteiger partial charge < -0.3 is 9.47 Å². The quantitative estimate of drug-likeness (QED) is 0.745. The van der Waals surface area contributed by atoms with Gasteiger partial charge >= 0.3 is 6.09 Å². The standard InChI is InChI=1S/C19H15NO4/c1-23-13-10-11-16-15(12-13)14-8-6-4-3-5-7-9-17(18(14)21)20(16)19(22)24-2/h3,5,10-12,14,17H,8H2,1-2H3/b5-3-. The van der Waals surface area contributed by atoms with Crippen LogP contribution < -0.4 is 9.64 Å². The molecular weight excluding hydrogens is 306 g/mol. The minimum absolute atomic E-state index is 0.168. The summed E-state index contributed by atoms with van der Waals surface area (Å²) in [6.07, 6.45) is 2.93. The highest BCUT2D eigenvalue weighted by Crippen LogP contribution is 2.40. The number of fused-ring (bicyclic) bond motifs is 4. The molecule has 0 N–H and O–H groups in total. The molecular formula is C19H15NO4. The third kappa shape index (κ3) is 2.61. The van der Waals surface area contributed by atoms with Crippen molar-refractivity contribution >= 4 is 17.6 Å². The van der Waals surface area contributed by atoms with E-state index >= 15 is 0 Å². The minimum atomic E-state index is -0.895. The zero-order valence-corrected chi connectivity index (χ0v) is 13.3. The van der Waals surface area contributed by atoms with E-state index in [0.717, 1.165) is 0 Å². The van der Waals surface area contributed by atoms with Crippen LogP contribution in [-0.2, 0) is 9.53 Å². The molecule has 0 spiro atoms. The molecule has 2 unspecified atom stereocenters. The first-order valence-corrected chi connectivity index (χ1v) is 7.40. The van der Waals surface area contributed by atoms with Gasteiger partial charge in [0.15, 0.2) is 11.8 Å². The lowest BCUT2D eigenvalue weighted by atomic mass is 9.82. The predicted molar refractivity (Wildman–Crippen MR) is 88.7 cm³/mol. The number of methoxy groups -OCH3 is 2. The number of carbonyl (C=O) groups excluding carboxylic acids is 2. The van der Waals surface area contributed by atoms with Crippen LogP contribution in [0.1, 0.15) is 17.9 Å². The second-order valence-electron chi connectivity index (χ2n) is 5.27. The van der Waals surface area contributed by atoms with Gasteiger partial charge in [0.25, 0.3) is 0 Å². The van der Waals surface area contributed by atoms with E-state index in [0.29, 0.717) is 23.4 Å². The van der Waals surface area contributed by atoms with Crippen LogP contribution in [-0.4, -0.2) is 32.1 Å². The second kappa shape index (κ2) is 6.52. The van der Waals surface area contributed by atoms with Crippen LogP contribution >= 0.6 is 0 Å². The van der Waals surface area contributed by atoms with Gasteiger partial charge in [-0.15, -0.1) is 0 Å². The Morgan fingerprint density at radius 1 is 1.25 bits per heavy atom. The number of anilines is 1. The fraction of sp³-hybridized carbons (Fsp3) is 0.263. The lowest BCUT2D eigenvalue weighted by Gasteiger charge is -2.36. The maximum Gasteiger partial charge on any atom is 0.415 e. The average molecular weight is 321 g/mol. The summed E-state index contributed by atoms with van der Waals surface area (Å²) in [6, 6.07) is 4.35. The molecule has 1 aliphatic carbocycles. The monoisotopic (exact) mass is 321 g/mol. The van der Waals surface area contributed by atoms with E-state index in [1.165, 1.54) is 12.0 Å². The number of carbonyl (C=O) groups is 2. The first kappa shape index (κ1) is 15.7. The summed E-state index contributed by atoms with van der Waals surface area (Å²) in [7, 11) is 2.83. The lowest BCUT2D eigenvalue weighted by Crippen LogP contribution is -2.50. The van der Waals surface area contributed by atoms with Gasteiger partial charge in [-0.2, -0.15) is 0 Å². The molecule has 0 saturated carbocycles. The highest BCUT2D eigenvalue weighted by atomic mass is 16.5. The molecule has 24 heavy (non-hydrogen) atoms. The predicted octanol–water partition coefficient (Wildman–Crippen LogP) is 2.27. The Morgan fingerprint density at radius 3 is 2.79 bits per heavy atom. The zero-order valence-electron chi connectivity index (χ0n) is 13.3. The van der Waals surface area contributed by atoms with Crippen molar-refractivity contribution < 1.29 is 19.1 Å². The first-order valence-electron chi connectivity index (χ1n) is 7.40. The van der Waals surface area contributed by atoms with E-state index in [2.05, 4.69) is 23.7 Å². The zero-order chi connectivity index (χ0) is 17.1. The van der Waals surface area contributed by atoms with E-state index in [1.54, 1.807) is 37.5 Å². The van der Waals surface area contributed by atoms with Crippen LogP contribution in [0.25, 0.3) is 0 Å². The molecule has 2 aliphatic rings. The Hall–Kier alpha value is -3.18. The van der Waals surface area contributed by atoms with Crippen molar-refractivity contribution in [3.8, 4) is 29.4 Å². The van der Waals surface area contributed by atoms with Crippen molar-refractivity contribution in [1.82, 2.24) is 0 Å². The number of amides is 1. The van der Waals surface area contributed by atoms with Crippen molar-refractivity contribution in [2.75, 3.05) is 19.1 Å². The van der Waals surface area contributed by atoms with Gasteiger partial charge in [0.05, 0.1) is 25.8 Å². The Bertz CT molecular complexity index is 848. The second-order valence-corrected chi connectivity index (χ2v) is 5.27. The molecule has 5 heteroatoms. The summed E-state index contributed by atoms with van der Waals surface area (Å²) < 4.78 is 10.1. The van der Waals surface area contributed by atoms with Gasteiger partial charge in [-0.05, 0) is 35.9 Å². The summed E-state index contributed by atoms with van der Waals surface area (Å²) >= 11 is 0. The Morgan fingerprint density at radius 2 is 2.04 bits per heavy atom. The van der Waals surface area contributed by atoms with Crippen molar-refractivity contribution in [1.29, 1.82) is 0 Å². The molecule has 5 nitrogen and oxygen atoms in total. The molecule has 0 saturated heterocycles. The summed E-state index contributed by atoms with van der Waals surface area (Å²) in [6.45, 7) is 0. The van der Waals surface area contributed by atoms with Crippen LogP contribution in [0, 0.1) is 23.7 Å². The number of Topliss-reactive ketones (excluding diaryl/α,β-unsaturated/α-hetero) is 1. The Kier molecular flexibility index (Phi) is 4.26. The van der Waals surface area contributed by atoms with E-state index in [9.17, 15) is 9.59 Å². The maximum atomic E-state index is 13.0. The van der Waals surface area contributed by atoms with Crippen LogP contribution in [0.5, 0.6) is 5.75 Å². The van der Waals surface area contributed by atoms with Gasteiger partial charge in [-0.25, -0.2) is 4.79 Å². The number of allylic oxidation sites excluding steroid dienone is 2. The number of nitrogens with zero attached hydrogens (tertiary/aromatic N) is 1. The molecule has 1 aromatic carbocycles. The molecule has 1 aromatic rings. The van der Waals surface area contributed by atoms with E-state index < -0.39 is 18.1 Å². The smallest absolute Gasteiger partial charge is 0.415 e. The lowest BCUT2D eigenvalue weighted by molar-refractivity contribution is -0.120. The molecule has 1 amide bonds. The average Bonchev–Trinajstić information content (AvgIpc) is 2.61. The maximum absolute atomic E-state index is 13.0. The molecule has 1 heterocycles. The van der Waals surface area contributed by atoms with Gasteiger partial charge in [0.1, 0.15) is 5.75 Å². The van der Waals surface area contributed by atoms with Gasteiger partial charge in [0.2, 0.25) is 0 Å². The van der Waals surface area contributed by atoms with Crippen LogP contribution in [0.4, 0.5) is 10.5 Å². The number of ketones is 1. The van der Waals surface area contributed by atoms with Crippen molar-refractivity contribution in [2.45, 2.75) is 18.4 Å². The van der Waals surface area contributed by atoms with Crippen LogP contribution in [0.3, 0.4) is 0 Å². The summed E-state index contributed by atoms with van der Waals surface area (Å²) in [5, 5.41) is 0. The van der Waals surface area contributed by atoms with Crippen molar-refractivity contribution in [3.05, 3.63) is 35.9 Å². The van der Waals surface area contributed by atoms with E-state index in [4.69, 9.17) is 9.47 Å². The largest absolute Gasteiger partial charge is 0.497 e. The molecule has 0 aromatic heterocycles. The number of benzene rings is 1. The van der Waals surface area contributed by atoms with Crippen LogP contribution in [0.15, 0.2) is 30.4 Å². The third-order valence-electron chi connectivity index (χ3n) is 3.99. The van der Waals surface area contributed by atoms with Gasteiger partial charge in [-0.3, -0.25) is 9.69 Å². The number of hydrogen-bond donors (Lipinski definition) is 0. The summed E-state index contributed by atoms with van der Waals surface area (Å²) in [5.74, 6) is 11.4. The number of hydrogen-bond acceptors (Lipinski definition) is 4. The fourth-order valence-corrected chi connectivity index (χ4v) is 2.85. The van der Waals surface area contributed by atoms with E-state index in [1.807, 2.05) is 0 Å². The highest BCUT2D eigenvalue weighted by Gasteiger charge is 2.42. The number of ether oxygens (including phenoxy) is 2. The summed E-state index contributed by atoms with van der Waals surface area (Å²) in [5.41, 5.74) is 1.29. The Balaban J connectivity index is 2.23. The molecule has 2 bridgehead atoms. The van der Waals surface area contributed by atoms with Crippen molar-refractivity contribution in [2.24, 2.45) is 0 Å². The topological polar surface area (TPSA) is 55.8 Å². The third-order valence-corrected chi connectivity index (χ3v) is 3.99. The number of rotatable bonds is 1. The molecule has 3 rings (SSSR count). The first-order chi connectivity index (χ1) is 11.7. The highest BCUT2D eigenvalue weighted by molar-refractivity contribution is 6.07.